The average Bonchev–Trinajstić information content (AvgIpc) is 2.58. The minimum atomic E-state index is 0. The molecule has 0 atom stereocenters. The second-order valence-electron chi connectivity index (χ2n) is 1.48. The predicted octanol–water partition coefficient (Wildman–Crippen LogP) is 1.94. The van der Waals surface area contributed by atoms with Gasteiger partial charge in [0.2, 0.25) is 0 Å². The maximum absolute atomic E-state index is 7.50. The first kappa shape index (κ1) is 23.2. The van der Waals surface area contributed by atoms with Crippen LogP contribution in [0.4, 0.5) is 0 Å². The standard InChI is InChI=1S/C7H8.3CO.Mo/c1-2-4-6-7-5-3-1;3*1-2;/h1-6H,7H2;;;;. The molecule has 0 fully saturated rings. The summed E-state index contributed by atoms with van der Waals surface area (Å²) >= 11 is 0. The molecule has 0 bridgehead atoms. The first-order chi connectivity index (χ1) is 6.50. The molecule has 4 heteroatoms. The van der Waals surface area contributed by atoms with E-state index in [1.807, 2.05) is 12.2 Å². The molecule has 0 aliphatic heterocycles. The zero-order valence-corrected chi connectivity index (χ0v) is 9.31. The van der Waals surface area contributed by atoms with Crippen LogP contribution in [0.1, 0.15) is 6.42 Å². The normalized spacial score (nSPS) is 9.00. The van der Waals surface area contributed by atoms with Crippen LogP contribution < -0.4 is 0 Å². The fraction of sp³-hybridized carbons (Fsp3) is 0.100. The maximum atomic E-state index is 7.50. The van der Waals surface area contributed by atoms with E-state index in [4.69, 9.17) is 14.0 Å². The summed E-state index contributed by atoms with van der Waals surface area (Å²) in [6, 6.07) is 0. The van der Waals surface area contributed by atoms with Gasteiger partial charge in [0, 0.05) is 21.1 Å². The molecule has 0 saturated heterocycles. The third-order valence-corrected chi connectivity index (χ3v) is 0.878. The number of hydrogen-bond donors (Lipinski definition) is 0. The summed E-state index contributed by atoms with van der Waals surface area (Å²) in [4.78, 5) is 0. The first-order valence-electron chi connectivity index (χ1n) is 3.10. The van der Waals surface area contributed by atoms with Gasteiger partial charge in [0.25, 0.3) is 0 Å². The number of allylic oxidation sites excluding steroid dienone is 6. The molecular formula is C10H8MoO3. The number of hydrogen-bond acceptors (Lipinski definition) is 0. The van der Waals surface area contributed by atoms with Crippen LogP contribution in [-0.4, -0.2) is 0 Å². The largest absolute Gasteiger partial charge is 0 e. The third kappa shape index (κ3) is 30.4. The Hall–Kier alpha value is -0.872. The summed E-state index contributed by atoms with van der Waals surface area (Å²) < 4.78 is 22.5. The van der Waals surface area contributed by atoms with Gasteiger partial charge < -0.3 is 0 Å². The fourth-order valence-electron chi connectivity index (χ4n) is 0.521. The molecule has 0 aromatic rings. The SMILES string of the molecule is C1=CC=CCC=C1.[C-]#[O+].[C-]#[O+].[C-]#[O+].[Mo]. The van der Waals surface area contributed by atoms with Crippen LogP contribution in [0.3, 0.4) is 0 Å². The minimum Gasteiger partial charge on any atom is 0 e. The van der Waals surface area contributed by atoms with Crippen molar-refractivity contribution < 1.29 is 35.0 Å². The average molecular weight is 272 g/mol. The summed E-state index contributed by atoms with van der Waals surface area (Å²) in [5.41, 5.74) is 0. The van der Waals surface area contributed by atoms with Gasteiger partial charge in [-0.25, -0.2) is 0 Å². The van der Waals surface area contributed by atoms with Crippen molar-refractivity contribution in [2.45, 2.75) is 6.42 Å². The van der Waals surface area contributed by atoms with E-state index in [0.717, 1.165) is 6.42 Å². The van der Waals surface area contributed by atoms with Crippen LogP contribution in [-0.2, 0) is 35.0 Å². The molecule has 0 N–H and O–H groups in total. The van der Waals surface area contributed by atoms with Crippen LogP contribution in [0, 0.1) is 20.0 Å². The van der Waals surface area contributed by atoms with Crippen molar-refractivity contribution in [2.24, 2.45) is 0 Å². The minimum absolute atomic E-state index is 0. The molecule has 0 radical (unpaired) electrons. The fourth-order valence-corrected chi connectivity index (χ4v) is 0.521. The molecule has 0 unspecified atom stereocenters. The van der Waals surface area contributed by atoms with E-state index >= 15 is 0 Å². The van der Waals surface area contributed by atoms with Crippen LogP contribution in [0.25, 0.3) is 0 Å². The second kappa shape index (κ2) is 40.0. The molecular weight excluding hydrogens is 264 g/mol. The quantitative estimate of drug-likeness (QED) is 0.367. The molecule has 0 saturated carbocycles. The molecule has 72 valence electrons. The van der Waals surface area contributed by atoms with Gasteiger partial charge in [-0.05, 0) is 6.42 Å². The Balaban J connectivity index is -0.0000000625. The molecule has 1 rings (SSSR count). The molecule has 3 nitrogen and oxygen atoms in total. The van der Waals surface area contributed by atoms with Gasteiger partial charge in [-0.15, -0.1) is 0 Å². The molecule has 0 heterocycles. The van der Waals surface area contributed by atoms with Crippen molar-refractivity contribution in [3.05, 3.63) is 56.4 Å². The third-order valence-electron chi connectivity index (χ3n) is 0.878. The van der Waals surface area contributed by atoms with Crippen LogP contribution in [0.5, 0.6) is 0 Å². The van der Waals surface area contributed by atoms with Gasteiger partial charge in [0.15, 0.2) is 0 Å². The Morgan fingerprint density at radius 3 is 1.21 bits per heavy atom. The Kier molecular flexibility index (Phi) is 66.2. The van der Waals surface area contributed by atoms with E-state index in [1.54, 1.807) is 0 Å². The van der Waals surface area contributed by atoms with E-state index < -0.39 is 0 Å². The van der Waals surface area contributed by atoms with Crippen LogP contribution >= 0.6 is 0 Å². The van der Waals surface area contributed by atoms with E-state index in [0.29, 0.717) is 0 Å². The van der Waals surface area contributed by atoms with E-state index in [-0.39, 0.29) is 21.1 Å². The monoisotopic (exact) mass is 274 g/mol. The van der Waals surface area contributed by atoms with Crippen LogP contribution in [0.2, 0.25) is 0 Å². The zero-order chi connectivity index (χ0) is 10.9. The summed E-state index contributed by atoms with van der Waals surface area (Å²) in [6.45, 7) is 13.5. The van der Waals surface area contributed by atoms with Crippen molar-refractivity contribution in [3.8, 4) is 0 Å². The molecule has 0 aromatic heterocycles. The topological polar surface area (TPSA) is 59.7 Å². The molecule has 1 aliphatic rings. The predicted molar refractivity (Wildman–Crippen MR) is 43.8 cm³/mol. The molecule has 0 amide bonds. The molecule has 0 aromatic carbocycles. The van der Waals surface area contributed by atoms with Crippen molar-refractivity contribution in [1.82, 2.24) is 0 Å². The molecule has 14 heavy (non-hydrogen) atoms. The Bertz CT molecular complexity index is 193. The van der Waals surface area contributed by atoms with Crippen molar-refractivity contribution >= 4 is 0 Å². The molecule has 0 spiro atoms. The van der Waals surface area contributed by atoms with Gasteiger partial charge >= 0.3 is 33.9 Å². The van der Waals surface area contributed by atoms with Gasteiger partial charge in [-0.3, -0.25) is 0 Å². The van der Waals surface area contributed by atoms with E-state index in [1.165, 1.54) is 0 Å². The van der Waals surface area contributed by atoms with Gasteiger partial charge in [-0.2, -0.15) is 0 Å². The van der Waals surface area contributed by atoms with Gasteiger partial charge in [0.05, 0.1) is 0 Å². The molecule has 1 aliphatic carbocycles. The number of rotatable bonds is 0. The summed E-state index contributed by atoms with van der Waals surface area (Å²) in [5.74, 6) is 0. The van der Waals surface area contributed by atoms with Crippen LogP contribution in [0.15, 0.2) is 36.5 Å². The van der Waals surface area contributed by atoms with Crippen molar-refractivity contribution in [3.63, 3.8) is 0 Å². The Morgan fingerprint density at radius 1 is 0.643 bits per heavy atom. The van der Waals surface area contributed by atoms with Crippen molar-refractivity contribution in [1.29, 1.82) is 0 Å². The smallest absolute Gasteiger partial charge is 0 e. The zero-order valence-electron chi connectivity index (χ0n) is 7.30. The van der Waals surface area contributed by atoms with E-state index in [2.05, 4.69) is 44.3 Å². The van der Waals surface area contributed by atoms with Gasteiger partial charge in [0.1, 0.15) is 0 Å². The summed E-state index contributed by atoms with van der Waals surface area (Å²) in [7, 11) is 0. The second-order valence-corrected chi connectivity index (χ2v) is 1.48. The van der Waals surface area contributed by atoms with Gasteiger partial charge in [-0.1, -0.05) is 36.5 Å². The summed E-state index contributed by atoms with van der Waals surface area (Å²) in [6.07, 6.45) is 13.5. The van der Waals surface area contributed by atoms with Crippen molar-refractivity contribution in [2.75, 3.05) is 0 Å². The first-order valence-corrected chi connectivity index (χ1v) is 3.10. The Labute approximate surface area is 98.0 Å². The maximum Gasteiger partial charge on any atom is 0 e. The van der Waals surface area contributed by atoms with E-state index in [9.17, 15) is 0 Å². The Morgan fingerprint density at radius 2 is 0.929 bits per heavy atom. The summed E-state index contributed by atoms with van der Waals surface area (Å²) in [5, 5.41) is 0.